The topological polar surface area (TPSA) is 0 Å². The molecule has 0 heteroatoms. The molecule has 1 rings (SSSR count). The molecule has 9 heavy (non-hydrogen) atoms. The van der Waals surface area contributed by atoms with Gasteiger partial charge in [0.25, 0.3) is 0 Å². The van der Waals surface area contributed by atoms with Gasteiger partial charge in [0.1, 0.15) is 0 Å². The molecule has 0 aliphatic heterocycles. The van der Waals surface area contributed by atoms with Crippen LogP contribution >= 0.6 is 0 Å². The number of hydrogen-bond donors (Lipinski definition) is 0. The highest BCUT2D eigenvalue weighted by Crippen LogP contribution is 2.22. The zero-order chi connectivity index (χ0) is 6.69. The molecule has 0 radical (unpaired) electrons. The lowest BCUT2D eigenvalue weighted by Gasteiger charge is -2.14. The minimum Gasteiger partial charge on any atom is -0.102 e. The highest BCUT2D eigenvalue weighted by molar-refractivity contribution is 5.24. The fraction of sp³-hybridized carbons (Fsp3) is 0.333. The molecule has 0 aromatic rings. The van der Waals surface area contributed by atoms with Crippen LogP contribution in [0.5, 0.6) is 0 Å². The molecule has 1 aliphatic carbocycles. The Labute approximate surface area is 56.6 Å². The zero-order valence-electron chi connectivity index (χ0n) is 5.64. The summed E-state index contributed by atoms with van der Waals surface area (Å²) in [6.45, 7) is 7.65. The molecule has 0 amide bonds. The first kappa shape index (κ1) is 6.34. The van der Waals surface area contributed by atoms with Gasteiger partial charge in [-0.2, -0.15) is 0 Å². The molecule has 0 saturated heterocycles. The lowest BCUT2D eigenvalue weighted by atomic mass is 9.91. The third-order valence-corrected chi connectivity index (χ3v) is 1.74. The second kappa shape index (κ2) is 2.67. The van der Waals surface area contributed by atoms with Crippen molar-refractivity contribution in [1.82, 2.24) is 0 Å². The average Bonchev–Trinajstić information content (AvgIpc) is 1.89. The number of rotatable bonds is 1. The van der Waals surface area contributed by atoms with Crippen LogP contribution in [-0.2, 0) is 0 Å². The van der Waals surface area contributed by atoms with E-state index in [2.05, 4.69) is 25.3 Å². The monoisotopic (exact) mass is 120 g/mol. The lowest BCUT2D eigenvalue weighted by Crippen LogP contribution is -2.00. The third kappa shape index (κ3) is 1.32. The van der Waals surface area contributed by atoms with E-state index in [1.54, 1.807) is 0 Å². The van der Waals surface area contributed by atoms with Gasteiger partial charge in [0.2, 0.25) is 0 Å². The highest BCUT2D eigenvalue weighted by Gasteiger charge is 2.07. The molecule has 0 heterocycles. The van der Waals surface area contributed by atoms with E-state index in [1.165, 1.54) is 18.4 Å². The van der Waals surface area contributed by atoms with E-state index < -0.39 is 0 Å². The molecule has 1 atom stereocenters. The second-order valence-electron chi connectivity index (χ2n) is 2.40. The maximum atomic E-state index is 3.91. The van der Waals surface area contributed by atoms with Crippen LogP contribution in [-0.4, -0.2) is 0 Å². The van der Waals surface area contributed by atoms with Crippen LogP contribution in [0.4, 0.5) is 0 Å². The van der Waals surface area contributed by atoms with Crippen LogP contribution in [0.2, 0.25) is 0 Å². The van der Waals surface area contributed by atoms with Gasteiger partial charge in [0.05, 0.1) is 0 Å². The summed E-state index contributed by atoms with van der Waals surface area (Å²) in [4.78, 5) is 0. The third-order valence-electron chi connectivity index (χ3n) is 1.74. The Bertz CT molecular complexity index is 151. The van der Waals surface area contributed by atoms with Gasteiger partial charge in [-0.1, -0.05) is 24.8 Å². The van der Waals surface area contributed by atoms with E-state index in [4.69, 9.17) is 0 Å². The van der Waals surface area contributed by atoms with E-state index in [0.29, 0.717) is 5.92 Å². The Hall–Kier alpha value is -0.780. The van der Waals surface area contributed by atoms with Crippen molar-refractivity contribution in [1.29, 1.82) is 0 Å². The Balaban J connectivity index is 2.65. The number of allylic oxidation sites excluding steroid dienone is 4. The predicted octanol–water partition coefficient (Wildman–Crippen LogP) is 2.69. The predicted molar refractivity (Wildman–Crippen MR) is 41.2 cm³/mol. The molecule has 0 bridgehead atoms. The summed E-state index contributed by atoms with van der Waals surface area (Å²) >= 11 is 0. The molecule has 0 N–H and O–H groups in total. The van der Waals surface area contributed by atoms with Gasteiger partial charge < -0.3 is 0 Å². The van der Waals surface area contributed by atoms with Crippen LogP contribution in [0.15, 0.2) is 37.0 Å². The SMILES string of the molecule is C=CC1CCC=CC1=C. The van der Waals surface area contributed by atoms with Crippen molar-refractivity contribution >= 4 is 0 Å². The molecule has 0 saturated carbocycles. The standard InChI is InChI=1S/C9H12/c1-3-9-7-5-4-6-8(9)2/h3-4,6,9H,1-2,5,7H2. The molecule has 0 nitrogen and oxygen atoms in total. The summed E-state index contributed by atoms with van der Waals surface area (Å²) in [6.07, 6.45) is 8.61. The van der Waals surface area contributed by atoms with Gasteiger partial charge in [-0.05, 0) is 18.4 Å². The molecule has 48 valence electrons. The first-order chi connectivity index (χ1) is 4.34. The van der Waals surface area contributed by atoms with E-state index >= 15 is 0 Å². The summed E-state index contributed by atoms with van der Waals surface area (Å²) in [5.41, 5.74) is 1.20. The minimum absolute atomic E-state index is 0.537. The Kier molecular flexibility index (Phi) is 1.88. The summed E-state index contributed by atoms with van der Waals surface area (Å²) in [7, 11) is 0. The normalized spacial score (nSPS) is 26.2. The first-order valence-electron chi connectivity index (χ1n) is 3.32. The van der Waals surface area contributed by atoms with E-state index in [9.17, 15) is 0 Å². The van der Waals surface area contributed by atoms with Crippen molar-refractivity contribution < 1.29 is 0 Å². The quantitative estimate of drug-likeness (QED) is 0.467. The minimum atomic E-state index is 0.537. The van der Waals surface area contributed by atoms with Gasteiger partial charge in [-0.3, -0.25) is 0 Å². The van der Waals surface area contributed by atoms with Gasteiger partial charge in [-0.25, -0.2) is 0 Å². The fourth-order valence-corrected chi connectivity index (χ4v) is 1.09. The van der Waals surface area contributed by atoms with Crippen LogP contribution in [0.3, 0.4) is 0 Å². The fourth-order valence-electron chi connectivity index (χ4n) is 1.09. The second-order valence-corrected chi connectivity index (χ2v) is 2.40. The Morgan fingerprint density at radius 2 is 2.44 bits per heavy atom. The smallest absolute Gasteiger partial charge is 0.00122 e. The van der Waals surface area contributed by atoms with Crippen molar-refractivity contribution in [2.45, 2.75) is 12.8 Å². The lowest BCUT2D eigenvalue weighted by molar-refractivity contribution is 0.681. The zero-order valence-corrected chi connectivity index (χ0v) is 5.64. The van der Waals surface area contributed by atoms with Crippen LogP contribution in [0.25, 0.3) is 0 Å². The molecule has 0 fully saturated rings. The summed E-state index contributed by atoms with van der Waals surface area (Å²) in [5, 5.41) is 0. The van der Waals surface area contributed by atoms with Crippen LogP contribution in [0, 0.1) is 5.92 Å². The van der Waals surface area contributed by atoms with Crippen molar-refractivity contribution in [3.05, 3.63) is 37.0 Å². The van der Waals surface area contributed by atoms with Gasteiger partial charge in [0.15, 0.2) is 0 Å². The van der Waals surface area contributed by atoms with Gasteiger partial charge >= 0.3 is 0 Å². The average molecular weight is 120 g/mol. The summed E-state index contributed by atoms with van der Waals surface area (Å²) < 4.78 is 0. The van der Waals surface area contributed by atoms with E-state index in [1.807, 2.05) is 6.08 Å². The summed E-state index contributed by atoms with van der Waals surface area (Å²) in [5.74, 6) is 0.537. The molecule has 0 aromatic heterocycles. The Morgan fingerprint density at radius 3 is 2.89 bits per heavy atom. The van der Waals surface area contributed by atoms with Gasteiger partial charge in [-0.15, -0.1) is 6.58 Å². The Morgan fingerprint density at radius 1 is 1.67 bits per heavy atom. The van der Waals surface area contributed by atoms with Crippen molar-refractivity contribution in [3.8, 4) is 0 Å². The van der Waals surface area contributed by atoms with Crippen molar-refractivity contribution in [2.75, 3.05) is 0 Å². The van der Waals surface area contributed by atoms with Gasteiger partial charge in [0, 0.05) is 5.92 Å². The van der Waals surface area contributed by atoms with Crippen LogP contribution < -0.4 is 0 Å². The van der Waals surface area contributed by atoms with E-state index in [-0.39, 0.29) is 0 Å². The molecular weight excluding hydrogens is 108 g/mol. The maximum Gasteiger partial charge on any atom is 0.00122 e. The van der Waals surface area contributed by atoms with Crippen molar-refractivity contribution in [3.63, 3.8) is 0 Å². The first-order valence-corrected chi connectivity index (χ1v) is 3.32. The largest absolute Gasteiger partial charge is 0.102 e. The van der Waals surface area contributed by atoms with Crippen molar-refractivity contribution in [2.24, 2.45) is 5.92 Å². The van der Waals surface area contributed by atoms with E-state index in [0.717, 1.165) is 0 Å². The highest BCUT2D eigenvalue weighted by atomic mass is 14.1. The molecule has 1 aliphatic rings. The summed E-state index contributed by atoms with van der Waals surface area (Å²) in [6, 6.07) is 0. The molecular formula is C9H12. The maximum absolute atomic E-state index is 3.91. The molecule has 0 aromatic carbocycles. The molecule has 1 unspecified atom stereocenters. The van der Waals surface area contributed by atoms with Crippen LogP contribution in [0.1, 0.15) is 12.8 Å². The number of hydrogen-bond acceptors (Lipinski definition) is 0. The molecule has 0 spiro atoms.